The van der Waals surface area contributed by atoms with Crippen molar-refractivity contribution in [3.63, 3.8) is 0 Å². The fourth-order valence-electron chi connectivity index (χ4n) is 3.59. The number of amides is 1. The second-order valence-corrected chi connectivity index (χ2v) is 7.49. The van der Waals surface area contributed by atoms with Crippen LogP contribution in [0.15, 0.2) is 41.0 Å². The molecule has 3 rings (SSSR count). The molecule has 0 aliphatic rings. The first kappa shape index (κ1) is 19.7. The lowest BCUT2D eigenvalue weighted by atomic mass is 9.94. The van der Waals surface area contributed by atoms with E-state index in [-0.39, 0.29) is 5.91 Å². The Kier molecular flexibility index (Phi) is 5.32. The molecule has 0 saturated carbocycles. The highest BCUT2D eigenvalue weighted by Gasteiger charge is 2.19. The standard InChI is InChI=1S/C24H27NO3/c1-14-8-9-18(15(2)10-14)21-13-28-24-17(4)23(27-7)19(12-20(21)24)16(3)11-22(26)25(5)6/h8-13H,1-7H3/b16-11+. The van der Waals surface area contributed by atoms with Crippen LogP contribution in [-0.4, -0.2) is 32.0 Å². The van der Waals surface area contributed by atoms with Crippen molar-refractivity contribution in [2.24, 2.45) is 0 Å². The quantitative estimate of drug-likeness (QED) is 0.562. The van der Waals surface area contributed by atoms with Crippen molar-refractivity contribution >= 4 is 22.4 Å². The predicted octanol–water partition coefficient (Wildman–Crippen LogP) is 5.53. The number of hydrogen-bond acceptors (Lipinski definition) is 3. The molecule has 146 valence electrons. The van der Waals surface area contributed by atoms with E-state index in [2.05, 4.69) is 38.1 Å². The Morgan fingerprint density at radius 3 is 2.43 bits per heavy atom. The molecule has 1 amide bonds. The smallest absolute Gasteiger partial charge is 0.246 e. The molecule has 0 unspecified atom stereocenters. The Morgan fingerprint density at radius 2 is 1.82 bits per heavy atom. The average Bonchev–Trinajstić information content (AvgIpc) is 3.05. The monoisotopic (exact) mass is 377 g/mol. The third-order valence-electron chi connectivity index (χ3n) is 5.13. The van der Waals surface area contributed by atoms with E-state index < -0.39 is 0 Å². The molecule has 0 atom stereocenters. The van der Waals surface area contributed by atoms with Gasteiger partial charge in [0, 0.05) is 42.2 Å². The Balaban J connectivity index is 2.27. The van der Waals surface area contributed by atoms with E-state index in [0.717, 1.165) is 44.5 Å². The summed E-state index contributed by atoms with van der Waals surface area (Å²) in [6.45, 7) is 8.12. The Labute approximate surface area is 166 Å². The summed E-state index contributed by atoms with van der Waals surface area (Å²) in [5.74, 6) is 0.674. The maximum absolute atomic E-state index is 12.2. The largest absolute Gasteiger partial charge is 0.496 e. The Bertz CT molecular complexity index is 1090. The molecule has 1 aromatic heterocycles. The van der Waals surface area contributed by atoms with Crippen LogP contribution < -0.4 is 4.74 Å². The van der Waals surface area contributed by atoms with Crippen molar-refractivity contribution in [1.82, 2.24) is 4.90 Å². The number of ether oxygens (including phenoxy) is 1. The van der Waals surface area contributed by atoms with Crippen LogP contribution in [-0.2, 0) is 4.79 Å². The lowest BCUT2D eigenvalue weighted by Crippen LogP contribution is -2.19. The second kappa shape index (κ2) is 7.55. The number of benzene rings is 2. The normalized spacial score (nSPS) is 11.8. The van der Waals surface area contributed by atoms with Gasteiger partial charge in [-0.2, -0.15) is 0 Å². The maximum Gasteiger partial charge on any atom is 0.246 e. The molecule has 0 aliphatic heterocycles. The molecule has 4 heteroatoms. The lowest BCUT2D eigenvalue weighted by molar-refractivity contribution is -0.123. The minimum absolute atomic E-state index is 0.0564. The van der Waals surface area contributed by atoms with Gasteiger partial charge in [0.1, 0.15) is 11.3 Å². The highest BCUT2D eigenvalue weighted by Crippen LogP contribution is 2.41. The third-order valence-corrected chi connectivity index (χ3v) is 5.13. The van der Waals surface area contributed by atoms with E-state index in [1.807, 2.05) is 20.1 Å². The number of carbonyl (C=O) groups is 1. The van der Waals surface area contributed by atoms with E-state index in [9.17, 15) is 4.79 Å². The molecule has 0 fully saturated rings. The number of carbonyl (C=O) groups excluding carboxylic acids is 1. The van der Waals surface area contributed by atoms with E-state index in [1.165, 1.54) is 11.1 Å². The van der Waals surface area contributed by atoms with Gasteiger partial charge >= 0.3 is 0 Å². The van der Waals surface area contributed by atoms with Crippen LogP contribution in [0.25, 0.3) is 27.7 Å². The number of methoxy groups -OCH3 is 1. The van der Waals surface area contributed by atoms with Gasteiger partial charge in [0.2, 0.25) is 5.91 Å². The summed E-state index contributed by atoms with van der Waals surface area (Å²) in [7, 11) is 5.13. The van der Waals surface area contributed by atoms with Crippen LogP contribution in [0, 0.1) is 20.8 Å². The number of furan rings is 1. The van der Waals surface area contributed by atoms with Crippen molar-refractivity contribution in [2.45, 2.75) is 27.7 Å². The average molecular weight is 377 g/mol. The summed E-state index contributed by atoms with van der Waals surface area (Å²) in [6, 6.07) is 8.48. The van der Waals surface area contributed by atoms with Gasteiger partial charge < -0.3 is 14.1 Å². The first-order valence-electron chi connectivity index (χ1n) is 9.31. The predicted molar refractivity (Wildman–Crippen MR) is 115 cm³/mol. The number of nitrogens with zero attached hydrogens (tertiary/aromatic N) is 1. The number of fused-ring (bicyclic) bond motifs is 1. The fraction of sp³-hybridized carbons (Fsp3) is 0.292. The van der Waals surface area contributed by atoms with Crippen LogP contribution in [0.3, 0.4) is 0 Å². The van der Waals surface area contributed by atoms with Gasteiger partial charge in [-0.25, -0.2) is 0 Å². The van der Waals surface area contributed by atoms with Gasteiger partial charge in [-0.3, -0.25) is 4.79 Å². The molecule has 0 bridgehead atoms. The molecular formula is C24H27NO3. The van der Waals surface area contributed by atoms with Crippen LogP contribution in [0.2, 0.25) is 0 Å². The van der Waals surface area contributed by atoms with Crippen molar-refractivity contribution < 1.29 is 13.9 Å². The SMILES string of the molecule is COc1c(/C(C)=C/C(=O)N(C)C)cc2c(-c3ccc(C)cc3C)coc2c1C. The second-order valence-electron chi connectivity index (χ2n) is 7.49. The zero-order valence-electron chi connectivity index (χ0n) is 17.6. The topological polar surface area (TPSA) is 42.7 Å². The fourth-order valence-corrected chi connectivity index (χ4v) is 3.59. The molecular weight excluding hydrogens is 350 g/mol. The highest BCUT2D eigenvalue weighted by molar-refractivity contribution is 6.02. The zero-order valence-corrected chi connectivity index (χ0v) is 17.6. The number of hydrogen-bond donors (Lipinski definition) is 0. The zero-order chi connectivity index (χ0) is 20.6. The van der Waals surface area contributed by atoms with Gasteiger partial charge in [0.05, 0.1) is 13.4 Å². The first-order chi connectivity index (χ1) is 13.2. The van der Waals surface area contributed by atoms with Gasteiger partial charge in [0.25, 0.3) is 0 Å². The van der Waals surface area contributed by atoms with Gasteiger partial charge in [-0.05, 0) is 50.5 Å². The molecule has 0 aliphatic carbocycles. The number of likely N-dealkylation sites (N-methyl/N-ethyl adjacent to an activating group) is 1. The summed E-state index contributed by atoms with van der Waals surface area (Å²) < 4.78 is 11.6. The van der Waals surface area contributed by atoms with Crippen LogP contribution in [0.4, 0.5) is 0 Å². The summed E-state index contributed by atoms with van der Waals surface area (Å²) in [5, 5.41) is 1.02. The van der Waals surface area contributed by atoms with Crippen LogP contribution in [0.5, 0.6) is 5.75 Å². The van der Waals surface area contributed by atoms with E-state index in [1.54, 1.807) is 32.2 Å². The van der Waals surface area contributed by atoms with Crippen LogP contribution >= 0.6 is 0 Å². The minimum atomic E-state index is -0.0564. The van der Waals surface area contributed by atoms with Crippen molar-refractivity contribution in [2.75, 3.05) is 21.2 Å². The molecule has 0 radical (unpaired) electrons. The van der Waals surface area contributed by atoms with Gasteiger partial charge in [-0.15, -0.1) is 0 Å². The summed E-state index contributed by atoms with van der Waals surface area (Å²) in [4.78, 5) is 13.7. The summed E-state index contributed by atoms with van der Waals surface area (Å²) in [6.07, 6.45) is 3.45. The van der Waals surface area contributed by atoms with Gasteiger partial charge in [0.15, 0.2) is 0 Å². The Morgan fingerprint density at radius 1 is 1.11 bits per heavy atom. The van der Waals surface area contributed by atoms with Crippen molar-refractivity contribution in [3.05, 3.63) is 58.9 Å². The molecule has 1 heterocycles. The van der Waals surface area contributed by atoms with Crippen LogP contribution in [0.1, 0.15) is 29.2 Å². The third kappa shape index (κ3) is 3.42. The lowest BCUT2D eigenvalue weighted by Gasteiger charge is -2.14. The highest BCUT2D eigenvalue weighted by atomic mass is 16.5. The molecule has 4 nitrogen and oxygen atoms in total. The summed E-state index contributed by atoms with van der Waals surface area (Å²) >= 11 is 0. The number of aryl methyl sites for hydroxylation is 3. The molecule has 28 heavy (non-hydrogen) atoms. The molecule has 0 saturated heterocycles. The summed E-state index contributed by atoms with van der Waals surface area (Å²) in [5.41, 5.74) is 8.11. The molecule has 0 spiro atoms. The van der Waals surface area contributed by atoms with Gasteiger partial charge in [-0.1, -0.05) is 23.8 Å². The van der Waals surface area contributed by atoms with E-state index >= 15 is 0 Å². The molecule has 3 aromatic rings. The first-order valence-corrected chi connectivity index (χ1v) is 9.31. The van der Waals surface area contributed by atoms with E-state index in [0.29, 0.717) is 0 Å². The van der Waals surface area contributed by atoms with E-state index in [4.69, 9.17) is 9.15 Å². The minimum Gasteiger partial charge on any atom is -0.496 e. The Hall–Kier alpha value is -3.01. The number of allylic oxidation sites excluding steroid dienone is 1. The molecule has 0 N–H and O–H groups in total. The van der Waals surface area contributed by atoms with Crippen molar-refractivity contribution in [1.29, 1.82) is 0 Å². The van der Waals surface area contributed by atoms with Crippen molar-refractivity contribution in [3.8, 4) is 16.9 Å². The maximum atomic E-state index is 12.2. The number of rotatable bonds is 4. The molecule has 2 aromatic carbocycles.